The summed E-state index contributed by atoms with van der Waals surface area (Å²) in [5.41, 5.74) is 2.12. The van der Waals surface area contributed by atoms with E-state index in [2.05, 4.69) is 293 Å². The summed E-state index contributed by atoms with van der Waals surface area (Å²) >= 11 is 0. The molecule has 8 heteroatoms. The third kappa shape index (κ3) is 11.3. The molecule has 8 aromatic carbocycles. The van der Waals surface area contributed by atoms with Gasteiger partial charge in [0, 0.05) is 12.5 Å². The van der Waals surface area contributed by atoms with Gasteiger partial charge in [0.25, 0.3) is 8.32 Å². The zero-order chi connectivity index (χ0) is 53.3. The maximum Gasteiger partial charge on any atom is 0.320 e. The van der Waals surface area contributed by atoms with Crippen molar-refractivity contribution >= 4 is 62.1 Å². The molecule has 0 bridgehead atoms. The Kier molecular flexibility index (Phi) is 16.8. The van der Waals surface area contributed by atoms with E-state index in [4.69, 9.17) is 22.8 Å². The number of hydrogen-bond acceptors (Lipinski definition) is 5. The lowest BCUT2D eigenvalue weighted by molar-refractivity contribution is 0.259. The Balaban J connectivity index is 1.19. The number of methoxy groups -OCH3 is 2. The number of ether oxygens (including phenoxy) is 2. The highest BCUT2D eigenvalue weighted by Crippen LogP contribution is 2.43. The highest BCUT2D eigenvalue weighted by atomic mass is 28.4. The molecule has 5 nitrogen and oxygen atoms in total. The maximum atomic E-state index is 7.70. The first-order chi connectivity index (χ1) is 36.0. The molecule has 0 spiro atoms. The summed E-state index contributed by atoms with van der Waals surface area (Å²) in [5.74, 6) is 2.81. The lowest BCUT2D eigenvalue weighted by Crippen LogP contribution is -2.68. The van der Waals surface area contributed by atoms with Gasteiger partial charge in [0.15, 0.2) is 11.5 Å². The molecule has 0 aromatic heterocycles. The Labute approximate surface area is 451 Å². The fraction of sp³-hybridized carbons (Fsp3) is 0.254. The molecular formula is C67H76O5Si3. The molecule has 0 aliphatic heterocycles. The number of rotatable bonds is 19. The minimum atomic E-state index is -2.95. The van der Waals surface area contributed by atoms with Crippen LogP contribution in [0.5, 0.6) is 23.0 Å². The lowest BCUT2D eigenvalue weighted by atomic mass is 9.98. The molecule has 0 unspecified atom stereocenters. The van der Waals surface area contributed by atoms with E-state index in [1.807, 2.05) is 0 Å². The van der Waals surface area contributed by atoms with Crippen LogP contribution in [0.1, 0.15) is 73.4 Å². The van der Waals surface area contributed by atoms with Crippen LogP contribution >= 0.6 is 0 Å². The van der Waals surface area contributed by atoms with Crippen LogP contribution in [0.4, 0.5) is 0 Å². The van der Waals surface area contributed by atoms with Gasteiger partial charge in [-0.05, 0) is 88.0 Å². The molecule has 75 heavy (non-hydrogen) atoms. The van der Waals surface area contributed by atoms with Gasteiger partial charge in [-0.2, -0.15) is 0 Å². The highest BCUT2D eigenvalue weighted by Gasteiger charge is 2.54. The number of benzene rings is 8. The third-order valence-electron chi connectivity index (χ3n) is 14.8. The highest BCUT2D eigenvalue weighted by molar-refractivity contribution is 7.01. The van der Waals surface area contributed by atoms with Gasteiger partial charge in [-0.15, -0.1) is 0 Å². The molecule has 1 atom stereocenters. The molecule has 0 saturated carbocycles. The average Bonchev–Trinajstić information content (AvgIpc) is 3.42. The normalized spacial score (nSPS) is 13.1. The Morgan fingerprint density at radius 3 is 1.03 bits per heavy atom. The molecule has 0 fully saturated rings. The first kappa shape index (κ1) is 54.6. The van der Waals surface area contributed by atoms with E-state index >= 15 is 0 Å². The topological polar surface area (TPSA) is 46.2 Å². The van der Waals surface area contributed by atoms with Crippen molar-refractivity contribution in [1.29, 1.82) is 0 Å². The van der Waals surface area contributed by atoms with Crippen molar-refractivity contribution in [2.75, 3.05) is 20.8 Å². The van der Waals surface area contributed by atoms with E-state index in [0.29, 0.717) is 24.5 Å². The van der Waals surface area contributed by atoms with Crippen LogP contribution in [0.2, 0.25) is 15.1 Å². The summed E-state index contributed by atoms with van der Waals surface area (Å²) < 4.78 is 35.2. The van der Waals surface area contributed by atoms with Crippen molar-refractivity contribution in [3.05, 3.63) is 236 Å². The molecule has 8 aromatic rings. The van der Waals surface area contributed by atoms with Gasteiger partial charge in [0.1, 0.15) is 11.5 Å². The van der Waals surface area contributed by atoms with Crippen LogP contribution in [0.3, 0.4) is 0 Å². The second-order valence-corrected chi connectivity index (χ2v) is 35.5. The molecule has 0 aliphatic carbocycles. The fourth-order valence-corrected chi connectivity index (χ4v) is 24.6. The molecule has 386 valence electrons. The van der Waals surface area contributed by atoms with Crippen molar-refractivity contribution in [3.63, 3.8) is 0 Å². The predicted molar refractivity (Wildman–Crippen MR) is 322 cm³/mol. The lowest BCUT2D eigenvalue weighted by Gasteiger charge is -2.43. The van der Waals surface area contributed by atoms with Gasteiger partial charge in [-0.1, -0.05) is 269 Å². The van der Waals surface area contributed by atoms with Crippen molar-refractivity contribution < 1.29 is 22.8 Å². The Bertz CT molecular complexity index is 2970. The Morgan fingerprint density at radius 2 is 0.693 bits per heavy atom. The summed E-state index contributed by atoms with van der Waals surface area (Å²) in [7, 11) is -5.30. The second kappa shape index (κ2) is 23.1. The predicted octanol–water partition coefficient (Wildman–Crippen LogP) is 13.0. The van der Waals surface area contributed by atoms with Gasteiger partial charge >= 0.3 is 16.6 Å². The standard InChI is InChI=1S/C67H76O5Si3/c1-65(2,3)73(55-30-18-12-19-31-55,56-32-20-13-21-33-56)70-51-54(48-53-45-47-62(64(50-53)69-11)72-75(67(7,8)9,59-38-26-16-27-39-59)60-40-28-17-29-41-60)43-42-52-44-46-61(63(49-52)68-10)71-74(66(4,5)6,57-34-22-14-23-35-57)58-36-24-15-25-37-58/h12-47,49-50,54H,48,51H2,1-11H3/b43-42+/t54-/m1/s1. The van der Waals surface area contributed by atoms with Crippen molar-refractivity contribution in [2.24, 2.45) is 5.92 Å². The Hall–Kier alpha value is -6.69. The molecule has 0 saturated heterocycles. The molecule has 0 aliphatic rings. The van der Waals surface area contributed by atoms with Crippen molar-refractivity contribution in [2.45, 2.75) is 83.8 Å². The molecular weight excluding hydrogens is 969 g/mol. The van der Waals surface area contributed by atoms with Crippen molar-refractivity contribution in [3.8, 4) is 23.0 Å². The van der Waals surface area contributed by atoms with Crippen molar-refractivity contribution in [1.82, 2.24) is 0 Å². The van der Waals surface area contributed by atoms with Crippen LogP contribution in [-0.2, 0) is 10.8 Å². The van der Waals surface area contributed by atoms with Gasteiger partial charge in [-0.3, -0.25) is 0 Å². The van der Waals surface area contributed by atoms with Crippen LogP contribution in [0.25, 0.3) is 6.08 Å². The van der Waals surface area contributed by atoms with Crippen LogP contribution in [-0.4, -0.2) is 45.8 Å². The quantitative estimate of drug-likeness (QED) is 0.0755. The minimum absolute atomic E-state index is 0.0427. The molecule has 0 heterocycles. The zero-order valence-corrected chi connectivity index (χ0v) is 49.0. The van der Waals surface area contributed by atoms with E-state index in [9.17, 15) is 0 Å². The summed E-state index contributed by atoms with van der Waals surface area (Å²) in [6, 6.07) is 77.6. The summed E-state index contributed by atoms with van der Waals surface area (Å²) in [5, 5.41) is 6.70. The maximum absolute atomic E-state index is 7.70. The monoisotopic (exact) mass is 1040 g/mol. The first-order valence-electron chi connectivity index (χ1n) is 26.3. The SMILES string of the molecule is COc1cc(/C=C/[C@@H](CO[Si](c2ccccc2)(c2ccccc2)C(C)(C)C)Cc2ccc(O[Si](c3ccccc3)(c3ccccc3)C(C)(C)C)c(OC)c2)ccc1O[Si](c1ccccc1)(c1ccccc1)C(C)(C)C. The van der Waals surface area contributed by atoms with E-state index in [1.54, 1.807) is 14.2 Å². The second-order valence-electron chi connectivity index (χ2n) is 22.7. The largest absolute Gasteiger partial charge is 0.531 e. The van der Waals surface area contributed by atoms with E-state index in [0.717, 1.165) is 22.6 Å². The van der Waals surface area contributed by atoms with Crippen LogP contribution < -0.4 is 49.4 Å². The van der Waals surface area contributed by atoms with Gasteiger partial charge in [0.05, 0.1) is 14.2 Å². The van der Waals surface area contributed by atoms with Gasteiger partial charge in [-0.25, -0.2) is 0 Å². The smallest absolute Gasteiger partial charge is 0.320 e. The van der Waals surface area contributed by atoms with Gasteiger partial charge < -0.3 is 22.8 Å². The molecule has 0 N–H and O–H groups in total. The van der Waals surface area contributed by atoms with E-state index in [1.165, 1.54) is 31.1 Å². The molecule has 8 rings (SSSR count). The first-order valence-corrected chi connectivity index (χ1v) is 32.1. The number of hydrogen-bond donors (Lipinski definition) is 0. The van der Waals surface area contributed by atoms with E-state index < -0.39 is 25.0 Å². The van der Waals surface area contributed by atoms with Crippen LogP contribution in [0.15, 0.2) is 224 Å². The Morgan fingerprint density at radius 1 is 0.373 bits per heavy atom. The molecule has 0 radical (unpaired) electrons. The van der Waals surface area contributed by atoms with E-state index in [-0.39, 0.29) is 21.0 Å². The average molecular weight is 1050 g/mol. The zero-order valence-electron chi connectivity index (χ0n) is 46.0. The summed E-state index contributed by atoms with van der Waals surface area (Å²) in [6.07, 6.45) is 5.22. The molecule has 0 amide bonds. The third-order valence-corrected chi connectivity index (χ3v) is 29.6. The van der Waals surface area contributed by atoms with Gasteiger partial charge in [0.2, 0.25) is 0 Å². The fourth-order valence-electron chi connectivity index (χ4n) is 11.2. The van der Waals surface area contributed by atoms with Crippen LogP contribution in [0, 0.1) is 5.92 Å². The summed E-state index contributed by atoms with van der Waals surface area (Å²) in [4.78, 5) is 0. The summed E-state index contributed by atoms with van der Waals surface area (Å²) in [6.45, 7) is 21.3. The minimum Gasteiger partial charge on any atom is -0.531 e.